The van der Waals surface area contributed by atoms with Crippen LogP contribution in [-0.4, -0.2) is 63.2 Å². The van der Waals surface area contributed by atoms with Gasteiger partial charge in [0.15, 0.2) is 5.76 Å². The average Bonchev–Trinajstić information content (AvgIpc) is 3.21. The summed E-state index contributed by atoms with van der Waals surface area (Å²) in [7, 11) is 3.80. The Kier molecular flexibility index (Phi) is 5.79. The molecule has 1 aliphatic rings. The lowest BCUT2D eigenvalue weighted by molar-refractivity contribution is -0.140. The van der Waals surface area contributed by atoms with Gasteiger partial charge in [-0.3, -0.25) is 14.0 Å². The Bertz CT molecular complexity index is 1260. The van der Waals surface area contributed by atoms with Gasteiger partial charge in [0.2, 0.25) is 0 Å². The number of rotatable bonds is 5. The van der Waals surface area contributed by atoms with Gasteiger partial charge in [-0.2, -0.15) is 0 Å². The molecular formula is C24H25ClN4O3. The number of pyridine rings is 1. The number of likely N-dealkylation sites (tertiary alicyclic amines) is 1. The van der Waals surface area contributed by atoms with Crippen molar-refractivity contribution in [2.24, 2.45) is 0 Å². The summed E-state index contributed by atoms with van der Waals surface area (Å²) in [5.41, 5.74) is 3.31. The van der Waals surface area contributed by atoms with Gasteiger partial charge in [0.1, 0.15) is 11.3 Å². The zero-order valence-electron chi connectivity index (χ0n) is 18.5. The maximum atomic E-state index is 13.2. The summed E-state index contributed by atoms with van der Waals surface area (Å²) < 4.78 is 1.75. The third kappa shape index (κ3) is 3.67. The lowest BCUT2D eigenvalue weighted by atomic mass is 9.96. The van der Waals surface area contributed by atoms with Crippen LogP contribution in [0.2, 0.25) is 5.02 Å². The molecule has 4 rings (SSSR count). The highest BCUT2D eigenvalue weighted by molar-refractivity contribution is 6.46. The Balaban J connectivity index is 1.95. The van der Waals surface area contributed by atoms with E-state index in [4.69, 9.17) is 11.6 Å². The SMILES string of the molecule is Cc1nc2c(C)cccn2c1C(O)=C1C(=O)C(=O)N(CCN(C)C)[C@H]1c1cccc(Cl)c1. The number of carbonyl (C=O) groups excluding carboxylic acids is 2. The number of imidazole rings is 1. The van der Waals surface area contributed by atoms with Crippen molar-refractivity contribution in [1.82, 2.24) is 19.2 Å². The molecule has 1 saturated heterocycles. The second-order valence-electron chi connectivity index (χ2n) is 8.28. The molecule has 1 aliphatic heterocycles. The number of amides is 1. The van der Waals surface area contributed by atoms with E-state index in [1.54, 1.807) is 35.7 Å². The quantitative estimate of drug-likeness (QED) is 0.363. The van der Waals surface area contributed by atoms with E-state index in [1.807, 2.05) is 44.1 Å². The van der Waals surface area contributed by atoms with E-state index >= 15 is 0 Å². The van der Waals surface area contributed by atoms with Crippen LogP contribution in [0.1, 0.15) is 28.6 Å². The minimum Gasteiger partial charge on any atom is -0.505 e. The fourth-order valence-corrected chi connectivity index (χ4v) is 4.37. The highest BCUT2D eigenvalue weighted by atomic mass is 35.5. The van der Waals surface area contributed by atoms with Crippen LogP contribution in [-0.2, 0) is 9.59 Å². The molecule has 2 aromatic heterocycles. The second kappa shape index (κ2) is 8.41. The fraction of sp³-hybridized carbons (Fsp3) is 0.292. The number of halogens is 1. The zero-order valence-corrected chi connectivity index (χ0v) is 19.2. The molecule has 166 valence electrons. The molecular weight excluding hydrogens is 428 g/mol. The minimum atomic E-state index is -0.747. The zero-order chi connectivity index (χ0) is 23.2. The van der Waals surface area contributed by atoms with E-state index in [9.17, 15) is 14.7 Å². The van der Waals surface area contributed by atoms with Crippen molar-refractivity contribution >= 4 is 34.7 Å². The molecule has 0 unspecified atom stereocenters. The first-order valence-electron chi connectivity index (χ1n) is 10.3. The molecule has 1 amide bonds. The summed E-state index contributed by atoms with van der Waals surface area (Å²) in [4.78, 5) is 34.2. The fourth-order valence-electron chi connectivity index (χ4n) is 4.17. The molecule has 32 heavy (non-hydrogen) atoms. The molecule has 1 atom stereocenters. The Morgan fingerprint density at radius 1 is 1.19 bits per heavy atom. The first-order valence-corrected chi connectivity index (χ1v) is 10.7. The monoisotopic (exact) mass is 452 g/mol. The van der Waals surface area contributed by atoms with Crippen LogP contribution in [0.5, 0.6) is 0 Å². The predicted molar refractivity (Wildman–Crippen MR) is 124 cm³/mol. The highest BCUT2D eigenvalue weighted by Crippen LogP contribution is 2.40. The molecule has 0 spiro atoms. The number of likely N-dealkylation sites (N-methyl/N-ethyl adjacent to an activating group) is 1. The number of carbonyl (C=O) groups is 2. The number of nitrogens with zero attached hydrogens (tertiary/aromatic N) is 4. The number of fused-ring (bicyclic) bond motifs is 1. The summed E-state index contributed by atoms with van der Waals surface area (Å²) >= 11 is 6.23. The Morgan fingerprint density at radius 3 is 2.62 bits per heavy atom. The topological polar surface area (TPSA) is 78.1 Å². The minimum absolute atomic E-state index is 0.0439. The first-order chi connectivity index (χ1) is 15.2. The molecule has 8 heteroatoms. The smallest absolute Gasteiger partial charge is 0.295 e. The van der Waals surface area contributed by atoms with E-state index in [1.165, 1.54) is 4.90 Å². The third-order valence-corrected chi connectivity index (χ3v) is 5.97. The summed E-state index contributed by atoms with van der Waals surface area (Å²) in [5.74, 6) is -1.59. The van der Waals surface area contributed by atoms with Crippen LogP contribution in [0.3, 0.4) is 0 Å². The molecule has 1 N–H and O–H groups in total. The van der Waals surface area contributed by atoms with E-state index < -0.39 is 17.7 Å². The second-order valence-corrected chi connectivity index (χ2v) is 8.72. The van der Waals surface area contributed by atoms with E-state index in [0.29, 0.717) is 40.7 Å². The van der Waals surface area contributed by atoms with Crippen LogP contribution in [0.25, 0.3) is 11.4 Å². The summed E-state index contributed by atoms with van der Waals surface area (Å²) in [5, 5.41) is 11.9. The van der Waals surface area contributed by atoms with E-state index in [0.717, 1.165) is 5.56 Å². The molecule has 1 fully saturated rings. The number of aliphatic hydroxyl groups excluding tert-OH is 1. The van der Waals surface area contributed by atoms with Crippen LogP contribution in [0.4, 0.5) is 0 Å². The van der Waals surface area contributed by atoms with Crippen molar-refractivity contribution in [2.45, 2.75) is 19.9 Å². The van der Waals surface area contributed by atoms with Gasteiger partial charge in [-0.25, -0.2) is 4.98 Å². The molecule has 3 heterocycles. The van der Waals surface area contributed by atoms with Crippen LogP contribution >= 0.6 is 11.6 Å². The molecule has 1 aromatic carbocycles. The number of Topliss-reactive ketones (excluding diaryl/α,β-unsaturated/α-hetero) is 1. The van der Waals surface area contributed by atoms with Crippen molar-refractivity contribution in [2.75, 3.05) is 27.2 Å². The van der Waals surface area contributed by atoms with Gasteiger partial charge < -0.3 is 14.9 Å². The van der Waals surface area contributed by atoms with Crippen LogP contribution in [0, 0.1) is 13.8 Å². The lowest BCUT2D eigenvalue weighted by Gasteiger charge is -2.26. The van der Waals surface area contributed by atoms with E-state index in [-0.39, 0.29) is 11.3 Å². The van der Waals surface area contributed by atoms with Gasteiger partial charge in [-0.1, -0.05) is 29.8 Å². The van der Waals surface area contributed by atoms with Gasteiger partial charge in [-0.05, 0) is 57.3 Å². The van der Waals surface area contributed by atoms with Crippen LogP contribution in [0.15, 0.2) is 48.2 Å². The number of ketones is 1. The highest BCUT2D eigenvalue weighted by Gasteiger charge is 2.46. The summed E-state index contributed by atoms with van der Waals surface area (Å²) in [6, 6.07) is 10.1. The standard InChI is InChI=1S/C24H25ClN4O3/c1-14-7-6-10-28-19(15(2)26-23(14)28)21(30)18-20(16-8-5-9-17(25)13-16)29(12-11-27(3)4)24(32)22(18)31/h5-10,13,20,30H,11-12H2,1-4H3/t20-/m0/s1. The first kappa shape index (κ1) is 22.0. The van der Waals surface area contributed by atoms with Gasteiger partial charge >= 0.3 is 0 Å². The maximum absolute atomic E-state index is 13.2. The van der Waals surface area contributed by atoms with Gasteiger partial charge in [0, 0.05) is 24.3 Å². The lowest BCUT2D eigenvalue weighted by Crippen LogP contribution is -2.35. The van der Waals surface area contributed by atoms with Crippen molar-refractivity contribution in [3.63, 3.8) is 0 Å². The average molecular weight is 453 g/mol. The van der Waals surface area contributed by atoms with Gasteiger partial charge in [0.25, 0.3) is 11.7 Å². The number of aliphatic hydroxyl groups is 1. The van der Waals surface area contributed by atoms with Gasteiger partial charge in [0.05, 0.1) is 17.3 Å². The Hall–Kier alpha value is -3.16. The van der Waals surface area contributed by atoms with Crippen molar-refractivity contribution in [3.8, 4) is 0 Å². The van der Waals surface area contributed by atoms with Crippen molar-refractivity contribution in [3.05, 3.63) is 75.7 Å². The van der Waals surface area contributed by atoms with Crippen LogP contribution < -0.4 is 0 Å². The van der Waals surface area contributed by atoms with Crippen molar-refractivity contribution < 1.29 is 14.7 Å². The largest absolute Gasteiger partial charge is 0.505 e. The number of hydrogen-bond acceptors (Lipinski definition) is 5. The molecule has 0 aliphatic carbocycles. The third-order valence-electron chi connectivity index (χ3n) is 5.74. The number of aromatic nitrogens is 2. The Labute approximate surface area is 191 Å². The maximum Gasteiger partial charge on any atom is 0.295 e. The van der Waals surface area contributed by atoms with E-state index in [2.05, 4.69) is 4.98 Å². The molecule has 0 saturated carbocycles. The molecule has 7 nitrogen and oxygen atoms in total. The Morgan fingerprint density at radius 2 is 1.94 bits per heavy atom. The molecule has 3 aromatic rings. The number of aryl methyl sites for hydroxylation is 2. The predicted octanol–water partition coefficient (Wildman–Crippen LogP) is 3.59. The summed E-state index contributed by atoms with van der Waals surface area (Å²) in [6.45, 7) is 4.60. The number of benzene rings is 1. The molecule has 0 radical (unpaired) electrons. The number of hydrogen-bond donors (Lipinski definition) is 1. The normalized spacial score (nSPS) is 18.3. The van der Waals surface area contributed by atoms with Crippen molar-refractivity contribution in [1.29, 1.82) is 0 Å². The van der Waals surface area contributed by atoms with Gasteiger partial charge in [-0.15, -0.1) is 0 Å². The summed E-state index contributed by atoms with van der Waals surface area (Å²) in [6.07, 6.45) is 1.79. The molecule has 0 bridgehead atoms.